The second-order valence-electron chi connectivity index (χ2n) is 5.33. The van der Waals surface area contributed by atoms with Gasteiger partial charge in [0.25, 0.3) is 5.91 Å². The van der Waals surface area contributed by atoms with Crippen molar-refractivity contribution in [1.82, 2.24) is 9.78 Å². The Bertz CT molecular complexity index is 830. The van der Waals surface area contributed by atoms with Gasteiger partial charge >= 0.3 is 0 Å². The van der Waals surface area contributed by atoms with Gasteiger partial charge in [0.05, 0.1) is 30.1 Å². The maximum absolute atomic E-state index is 13.7. The highest BCUT2D eigenvalue weighted by molar-refractivity contribution is 6.06. The van der Waals surface area contributed by atoms with E-state index in [1.165, 1.54) is 12.1 Å². The summed E-state index contributed by atoms with van der Waals surface area (Å²) >= 11 is 0. The van der Waals surface area contributed by atoms with Gasteiger partial charge in [-0.05, 0) is 38.1 Å². The van der Waals surface area contributed by atoms with E-state index in [9.17, 15) is 14.0 Å². The summed E-state index contributed by atoms with van der Waals surface area (Å²) in [5, 5.41) is 18.2. The highest BCUT2D eigenvalue weighted by Gasteiger charge is 2.19. The van der Waals surface area contributed by atoms with Gasteiger partial charge in [0.15, 0.2) is 0 Å². The fourth-order valence-corrected chi connectivity index (χ4v) is 2.41. The van der Waals surface area contributed by atoms with Crippen LogP contribution in [0, 0.1) is 19.7 Å². The molecule has 7 nitrogen and oxygen atoms in total. The van der Waals surface area contributed by atoms with Crippen LogP contribution in [-0.4, -0.2) is 33.3 Å². The first kappa shape index (κ1) is 18.3. The molecule has 1 aromatic heterocycles. The summed E-state index contributed by atoms with van der Waals surface area (Å²) in [6, 6.07) is 3.85. The standard InChI is InChI=1S/C17H19FN4O3/c1-4-15(24)20-14-9-12(5-6-13(14)18)19-17(25)16-10(2)21-22(7-8-23)11(16)3/h4-6,9,23H,1,7-8H2,2-3H3,(H,19,25)(H,20,24). The summed E-state index contributed by atoms with van der Waals surface area (Å²) in [6.45, 7) is 6.92. The lowest BCUT2D eigenvalue weighted by Gasteiger charge is -2.09. The quantitative estimate of drug-likeness (QED) is 0.697. The molecule has 1 heterocycles. The number of aliphatic hydroxyl groups excluding tert-OH is 1. The van der Waals surface area contributed by atoms with Crippen LogP contribution in [0.3, 0.4) is 0 Å². The van der Waals surface area contributed by atoms with Crippen molar-refractivity contribution in [2.24, 2.45) is 0 Å². The summed E-state index contributed by atoms with van der Waals surface area (Å²) < 4.78 is 15.3. The molecule has 0 radical (unpaired) electrons. The maximum Gasteiger partial charge on any atom is 0.259 e. The number of hydrogen-bond donors (Lipinski definition) is 3. The monoisotopic (exact) mass is 346 g/mol. The van der Waals surface area contributed by atoms with Gasteiger partial charge in [-0.3, -0.25) is 14.3 Å². The molecular weight excluding hydrogens is 327 g/mol. The van der Waals surface area contributed by atoms with Gasteiger partial charge in [0.1, 0.15) is 5.82 Å². The third-order valence-corrected chi connectivity index (χ3v) is 3.59. The number of nitrogens with zero attached hydrogens (tertiary/aromatic N) is 2. The van der Waals surface area contributed by atoms with E-state index in [1.807, 2.05) is 0 Å². The van der Waals surface area contributed by atoms with Crippen molar-refractivity contribution in [3.8, 4) is 0 Å². The van der Waals surface area contributed by atoms with Gasteiger partial charge < -0.3 is 15.7 Å². The lowest BCUT2D eigenvalue weighted by molar-refractivity contribution is -0.111. The molecule has 1 aromatic carbocycles. The molecule has 3 N–H and O–H groups in total. The highest BCUT2D eigenvalue weighted by Crippen LogP contribution is 2.21. The predicted molar refractivity (Wildman–Crippen MR) is 92.0 cm³/mol. The number of nitrogens with one attached hydrogen (secondary N) is 2. The topological polar surface area (TPSA) is 96.3 Å². The van der Waals surface area contributed by atoms with E-state index in [-0.39, 0.29) is 18.8 Å². The summed E-state index contributed by atoms with van der Waals surface area (Å²) in [4.78, 5) is 23.9. The van der Waals surface area contributed by atoms with E-state index < -0.39 is 17.6 Å². The first-order chi connectivity index (χ1) is 11.9. The Morgan fingerprint density at radius 2 is 2.08 bits per heavy atom. The van der Waals surface area contributed by atoms with Gasteiger partial charge in [0, 0.05) is 11.4 Å². The molecular formula is C17H19FN4O3. The van der Waals surface area contributed by atoms with Crippen LogP contribution in [0.15, 0.2) is 30.9 Å². The third-order valence-electron chi connectivity index (χ3n) is 3.59. The van der Waals surface area contributed by atoms with Gasteiger partial charge in [-0.25, -0.2) is 4.39 Å². The van der Waals surface area contributed by atoms with Crippen molar-refractivity contribution in [2.75, 3.05) is 17.2 Å². The van der Waals surface area contributed by atoms with Crippen molar-refractivity contribution in [2.45, 2.75) is 20.4 Å². The van der Waals surface area contributed by atoms with Crippen molar-refractivity contribution in [3.63, 3.8) is 0 Å². The Hall–Kier alpha value is -3.00. The van der Waals surface area contributed by atoms with Gasteiger partial charge in [0.2, 0.25) is 5.91 Å². The summed E-state index contributed by atoms with van der Waals surface area (Å²) in [7, 11) is 0. The Balaban J connectivity index is 2.25. The van der Waals surface area contributed by atoms with Gasteiger partial charge in [-0.2, -0.15) is 5.10 Å². The Morgan fingerprint density at radius 3 is 2.72 bits per heavy atom. The summed E-state index contributed by atoms with van der Waals surface area (Å²) in [6.07, 6.45) is 1.02. The molecule has 0 saturated carbocycles. The van der Waals surface area contributed by atoms with E-state index >= 15 is 0 Å². The number of carbonyl (C=O) groups is 2. The van der Waals surface area contributed by atoms with Gasteiger partial charge in [-0.1, -0.05) is 6.58 Å². The molecule has 2 rings (SSSR count). The zero-order chi connectivity index (χ0) is 18.6. The van der Waals surface area contributed by atoms with Crippen LogP contribution in [0.5, 0.6) is 0 Å². The molecule has 0 aliphatic rings. The molecule has 0 fully saturated rings. The number of carbonyl (C=O) groups excluding carboxylic acids is 2. The second-order valence-corrected chi connectivity index (χ2v) is 5.33. The van der Waals surface area contributed by atoms with E-state index in [2.05, 4.69) is 22.3 Å². The molecule has 2 aromatic rings. The molecule has 0 bridgehead atoms. The molecule has 2 amide bonds. The first-order valence-corrected chi connectivity index (χ1v) is 7.56. The average molecular weight is 346 g/mol. The Kier molecular flexibility index (Phi) is 5.66. The summed E-state index contributed by atoms with van der Waals surface area (Å²) in [5.74, 6) is -1.59. The van der Waals surface area contributed by atoms with Crippen LogP contribution in [0.2, 0.25) is 0 Å². The minimum absolute atomic E-state index is 0.0629. The predicted octanol–water partition coefficient (Wildman–Crippen LogP) is 2.01. The molecule has 0 atom stereocenters. The van der Waals surface area contributed by atoms with Crippen molar-refractivity contribution in [1.29, 1.82) is 0 Å². The van der Waals surface area contributed by atoms with E-state index in [0.29, 0.717) is 22.6 Å². The maximum atomic E-state index is 13.7. The van der Waals surface area contributed by atoms with Crippen molar-refractivity contribution in [3.05, 3.63) is 53.6 Å². The minimum Gasteiger partial charge on any atom is -0.394 e. The smallest absolute Gasteiger partial charge is 0.259 e. The average Bonchev–Trinajstić information content (AvgIpc) is 2.84. The number of hydrogen-bond acceptors (Lipinski definition) is 4. The van der Waals surface area contributed by atoms with Crippen molar-refractivity contribution >= 4 is 23.2 Å². The zero-order valence-electron chi connectivity index (χ0n) is 14.0. The van der Waals surface area contributed by atoms with Crippen LogP contribution in [0.4, 0.5) is 15.8 Å². The van der Waals surface area contributed by atoms with Crippen LogP contribution in [-0.2, 0) is 11.3 Å². The molecule has 0 aliphatic carbocycles. The first-order valence-electron chi connectivity index (χ1n) is 7.56. The molecule has 0 spiro atoms. The lowest BCUT2D eigenvalue weighted by atomic mass is 10.1. The van der Waals surface area contributed by atoms with Crippen molar-refractivity contribution < 1.29 is 19.1 Å². The number of aliphatic hydroxyl groups is 1. The molecule has 25 heavy (non-hydrogen) atoms. The second kappa shape index (κ2) is 7.71. The fraction of sp³-hybridized carbons (Fsp3) is 0.235. The number of halogens is 1. The zero-order valence-corrected chi connectivity index (χ0v) is 14.0. The third kappa shape index (κ3) is 4.10. The molecule has 132 valence electrons. The largest absolute Gasteiger partial charge is 0.394 e. The Morgan fingerprint density at radius 1 is 1.36 bits per heavy atom. The molecule has 0 aliphatic heterocycles. The summed E-state index contributed by atoms with van der Waals surface area (Å²) in [5.41, 5.74) is 1.78. The van der Waals surface area contributed by atoms with E-state index in [4.69, 9.17) is 5.11 Å². The fourth-order valence-electron chi connectivity index (χ4n) is 2.41. The number of amides is 2. The van der Waals surface area contributed by atoms with E-state index in [0.717, 1.165) is 12.1 Å². The lowest BCUT2D eigenvalue weighted by Crippen LogP contribution is -2.15. The van der Waals surface area contributed by atoms with Crippen LogP contribution in [0.25, 0.3) is 0 Å². The number of aromatic nitrogens is 2. The SMILES string of the molecule is C=CC(=O)Nc1cc(NC(=O)c2c(C)nn(CCO)c2C)ccc1F. The molecule has 8 heteroatoms. The number of aryl methyl sites for hydroxylation is 1. The van der Waals surface area contributed by atoms with Crippen LogP contribution < -0.4 is 10.6 Å². The van der Waals surface area contributed by atoms with Crippen LogP contribution >= 0.6 is 0 Å². The highest BCUT2D eigenvalue weighted by atomic mass is 19.1. The molecule has 0 unspecified atom stereocenters. The number of benzene rings is 1. The molecule has 0 saturated heterocycles. The Labute approximate surface area is 144 Å². The van der Waals surface area contributed by atoms with E-state index in [1.54, 1.807) is 18.5 Å². The number of anilines is 2. The number of rotatable bonds is 6. The van der Waals surface area contributed by atoms with Crippen LogP contribution in [0.1, 0.15) is 21.7 Å². The normalized spacial score (nSPS) is 10.4. The van der Waals surface area contributed by atoms with Gasteiger partial charge in [-0.15, -0.1) is 0 Å². The minimum atomic E-state index is -0.628.